The molecule has 5 rings (SSSR count). The Morgan fingerprint density at radius 3 is 2.15 bits per heavy atom. The van der Waals surface area contributed by atoms with E-state index in [0.717, 1.165) is 35.6 Å². The van der Waals surface area contributed by atoms with E-state index in [1.54, 1.807) is 48.5 Å². The summed E-state index contributed by atoms with van der Waals surface area (Å²) >= 11 is 13.0. The first kappa shape index (κ1) is 34.3. The predicted molar refractivity (Wildman–Crippen MR) is 185 cm³/mol. The molecule has 1 atom stereocenters. The third-order valence-corrected chi connectivity index (χ3v) is 10.8. The number of rotatable bonds is 13. The highest BCUT2D eigenvalue weighted by atomic mass is 35.5. The number of carbonyl (C=O) groups is 2. The van der Waals surface area contributed by atoms with E-state index in [4.69, 9.17) is 27.9 Å². The van der Waals surface area contributed by atoms with Crippen molar-refractivity contribution in [2.24, 2.45) is 0 Å². The first-order valence-corrected chi connectivity index (χ1v) is 17.7. The van der Waals surface area contributed by atoms with Crippen molar-refractivity contribution >= 4 is 50.7 Å². The number of nitrogens with one attached hydrogen (secondary N) is 1. The van der Waals surface area contributed by atoms with Crippen LogP contribution in [0.5, 0.6) is 5.75 Å². The molecule has 4 aromatic carbocycles. The van der Waals surface area contributed by atoms with Crippen molar-refractivity contribution < 1.29 is 22.7 Å². The first-order valence-electron chi connectivity index (χ1n) is 15.5. The van der Waals surface area contributed by atoms with E-state index in [2.05, 4.69) is 5.32 Å². The van der Waals surface area contributed by atoms with Crippen LogP contribution in [0.3, 0.4) is 0 Å². The smallest absolute Gasteiger partial charge is 0.264 e. The summed E-state index contributed by atoms with van der Waals surface area (Å²) in [6, 6.07) is 28.0. The Labute approximate surface area is 286 Å². The Hall–Kier alpha value is -4.05. The Morgan fingerprint density at radius 1 is 0.872 bits per heavy atom. The molecule has 1 unspecified atom stereocenters. The molecule has 1 fully saturated rings. The van der Waals surface area contributed by atoms with Gasteiger partial charge in [0.05, 0.1) is 22.7 Å². The lowest BCUT2D eigenvalue weighted by molar-refractivity contribution is -0.140. The fourth-order valence-electron chi connectivity index (χ4n) is 5.79. The van der Waals surface area contributed by atoms with Gasteiger partial charge in [0.1, 0.15) is 18.3 Å². The van der Waals surface area contributed by atoms with Crippen LogP contribution in [0.4, 0.5) is 5.69 Å². The van der Waals surface area contributed by atoms with E-state index in [9.17, 15) is 18.0 Å². The van der Waals surface area contributed by atoms with Crippen molar-refractivity contribution in [1.29, 1.82) is 0 Å². The molecule has 0 bridgehead atoms. The van der Waals surface area contributed by atoms with Crippen molar-refractivity contribution in [3.05, 3.63) is 124 Å². The summed E-state index contributed by atoms with van der Waals surface area (Å²) in [6.07, 6.45) is 3.99. The van der Waals surface area contributed by atoms with Crippen LogP contribution in [-0.4, -0.2) is 50.9 Å². The lowest BCUT2D eigenvalue weighted by Crippen LogP contribution is -2.54. The van der Waals surface area contributed by atoms with Gasteiger partial charge in [0.15, 0.2) is 0 Å². The Balaban J connectivity index is 1.58. The maximum atomic E-state index is 14.6. The van der Waals surface area contributed by atoms with Gasteiger partial charge in [0.25, 0.3) is 10.0 Å². The number of amides is 2. The van der Waals surface area contributed by atoms with Crippen LogP contribution in [-0.2, 0) is 32.6 Å². The third kappa shape index (κ3) is 8.46. The van der Waals surface area contributed by atoms with Crippen molar-refractivity contribution in [3.8, 4) is 5.75 Å². The molecule has 246 valence electrons. The molecule has 1 aliphatic carbocycles. The number of halogens is 2. The summed E-state index contributed by atoms with van der Waals surface area (Å²) < 4.78 is 34.7. The van der Waals surface area contributed by atoms with Crippen LogP contribution < -0.4 is 14.4 Å². The highest BCUT2D eigenvalue weighted by Crippen LogP contribution is 2.32. The van der Waals surface area contributed by atoms with E-state index in [1.807, 2.05) is 30.3 Å². The molecular weight excluding hydrogens is 657 g/mol. The van der Waals surface area contributed by atoms with E-state index < -0.39 is 28.5 Å². The zero-order chi connectivity index (χ0) is 33.4. The third-order valence-electron chi connectivity index (χ3n) is 8.30. The van der Waals surface area contributed by atoms with Crippen molar-refractivity contribution in [3.63, 3.8) is 0 Å². The monoisotopic (exact) mass is 693 g/mol. The average Bonchev–Trinajstić information content (AvgIpc) is 3.59. The molecule has 47 heavy (non-hydrogen) atoms. The zero-order valence-corrected chi connectivity index (χ0v) is 28.3. The molecule has 0 aliphatic heterocycles. The number of anilines is 1. The van der Waals surface area contributed by atoms with Crippen LogP contribution in [0.1, 0.15) is 36.8 Å². The summed E-state index contributed by atoms with van der Waals surface area (Å²) in [5.74, 6) is -0.532. The number of ether oxygens (including phenoxy) is 1. The second-order valence-corrected chi connectivity index (χ2v) is 14.1. The van der Waals surface area contributed by atoms with Gasteiger partial charge in [0.2, 0.25) is 11.8 Å². The van der Waals surface area contributed by atoms with E-state index in [1.165, 1.54) is 36.3 Å². The van der Waals surface area contributed by atoms with Crippen LogP contribution in [0.25, 0.3) is 0 Å². The summed E-state index contributed by atoms with van der Waals surface area (Å²) in [6.45, 7) is -0.622. The minimum Gasteiger partial charge on any atom is -0.495 e. The number of methoxy groups -OCH3 is 1. The van der Waals surface area contributed by atoms with Crippen LogP contribution in [0.15, 0.2) is 108 Å². The fourth-order valence-corrected chi connectivity index (χ4v) is 7.66. The molecule has 11 heteroatoms. The molecule has 0 heterocycles. The van der Waals surface area contributed by atoms with E-state index >= 15 is 0 Å². The number of carbonyl (C=O) groups excluding carboxylic acids is 2. The minimum atomic E-state index is -4.26. The standard InChI is InChI=1S/C36H37Cl2N3O5S/c1-46-34-21-20-29(23-32(34)38)41(47(44,45)30-17-6-3-7-18-30)25-35(42)40(24-27-14-8-11-19-31(27)37)33(22-26-12-4-2-5-13-26)36(43)39-28-15-9-10-16-28/h2-8,11-14,17-21,23,28,33H,9-10,15-16,22,24-25H2,1H3,(H,39,43). The number of sulfonamides is 1. The highest BCUT2D eigenvalue weighted by Gasteiger charge is 2.36. The average molecular weight is 695 g/mol. The lowest BCUT2D eigenvalue weighted by atomic mass is 10.0. The zero-order valence-electron chi connectivity index (χ0n) is 26.0. The summed E-state index contributed by atoms with van der Waals surface area (Å²) in [7, 11) is -2.81. The molecule has 1 saturated carbocycles. The summed E-state index contributed by atoms with van der Waals surface area (Å²) in [4.78, 5) is 30.2. The molecule has 1 aliphatic rings. The molecule has 0 spiro atoms. The normalized spacial score (nSPS) is 13.9. The van der Waals surface area contributed by atoms with Crippen molar-refractivity contribution in [2.75, 3.05) is 18.0 Å². The molecule has 1 N–H and O–H groups in total. The largest absolute Gasteiger partial charge is 0.495 e. The Morgan fingerprint density at radius 2 is 1.51 bits per heavy atom. The topological polar surface area (TPSA) is 96.0 Å². The highest BCUT2D eigenvalue weighted by molar-refractivity contribution is 7.92. The minimum absolute atomic E-state index is 0.00259. The van der Waals surface area contributed by atoms with Crippen LogP contribution in [0.2, 0.25) is 10.0 Å². The molecule has 4 aromatic rings. The molecular formula is C36H37Cl2N3O5S. The maximum absolute atomic E-state index is 14.6. The maximum Gasteiger partial charge on any atom is 0.264 e. The van der Waals surface area contributed by atoms with E-state index in [-0.39, 0.29) is 40.5 Å². The van der Waals surface area contributed by atoms with Crippen molar-refractivity contribution in [2.45, 2.75) is 55.6 Å². The molecule has 0 saturated heterocycles. The number of hydrogen-bond donors (Lipinski definition) is 1. The van der Waals surface area contributed by atoms with Gasteiger partial charge in [-0.1, -0.05) is 103 Å². The van der Waals surface area contributed by atoms with Gasteiger partial charge < -0.3 is 15.0 Å². The van der Waals surface area contributed by atoms with Gasteiger partial charge >= 0.3 is 0 Å². The molecule has 2 amide bonds. The van der Waals surface area contributed by atoms with Gasteiger partial charge in [-0.25, -0.2) is 8.42 Å². The molecule has 0 radical (unpaired) electrons. The quantitative estimate of drug-likeness (QED) is 0.164. The number of hydrogen-bond acceptors (Lipinski definition) is 5. The summed E-state index contributed by atoms with van der Waals surface area (Å²) in [5.41, 5.74) is 1.65. The van der Waals surface area contributed by atoms with Gasteiger partial charge in [-0.15, -0.1) is 0 Å². The van der Waals surface area contributed by atoms with Gasteiger partial charge in [0, 0.05) is 24.0 Å². The fraction of sp³-hybridized carbons (Fsp3) is 0.278. The van der Waals surface area contributed by atoms with E-state index in [0.29, 0.717) is 16.3 Å². The molecule has 0 aromatic heterocycles. The Kier molecular flexibility index (Phi) is 11.4. The predicted octanol–water partition coefficient (Wildman–Crippen LogP) is 6.90. The SMILES string of the molecule is COc1ccc(N(CC(=O)N(Cc2ccccc2Cl)C(Cc2ccccc2)C(=O)NC2CCCC2)S(=O)(=O)c2ccccc2)cc1Cl. The van der Waals surface area contributed by atoms with Gasteiger partial charge in [-0.3, -0.25) is 13.9 Å². The second kappa shape index (κ2) is 15.7. The molecule has 8 nitrogen and oxygen atoms in total. The second-order valence-electron chi connectivity index (χ2n) is 11.5. The van der Waals surface area contributed by atoms with Crippen molar-refractivity contribution in [1.82, 2.24) is 10.2 Å². The van der Waals surface area contributed by atoms with Crippen LogP contribution >= 0.6 is 23.2 Å². The Bertz CT molecular complexity index is 1790. The summed E-state index contributed by atoms with van der Waals surface area (Å²) in [5, 5.41) is 3.77. The number of benzene rings is 4. The van der Waals surface area contributed by atoms with Crippen LogP contribution in [0, 0.1) is 0 Å². The van der Waals surface area contributed by atoms with Gasteiger partial charge in [-0.2, -0.15) is 0 Å². The first-order chi connectivity index (χ1) is 22.7. The number of nitrogens with zero attached hydrogens (tertiary/aromatic N) is 2. The lowest BCUT2D eigenvalue weighted by Gasteiger charge is -2.34. The van der Waals surface area contributed by atoms with Gasteiger partial charge in [-0.05, 0) is 60.4 Å².